The van der Waals surface area contributed by atoms with Gasteiger partial charge in [0.2, 0.25) is 5.91 Å². The largest absolute Gasteiger partial charge is 0.466 e. The summed E-state index contributed by atoms with van der Waals surface area (Å²) in [7, 11) is 1.67. The lowest BCUT2D eigenvalue weighted by Crippen LogP contribution is -2.29. The van der Waals surface area contributed by atoms with Crippen LogP contribution >= 0.6 is 23.2 Å². The number of benzene rings is 1. The van der Waals surface area contributed by atoms with Gasteiger partial charge in [-0.1, -0.05) is 29.3 Å². The molecule has 0 atom stereocenters. The molecule has 0 fully saturated rings. The fourth-order valence-corrected chi connectivity index (χ4v) is 2.28. The van der Waals surface area contributed by atoms with Gasteiger partial charge in [0.1, 0.15) is 0 Å². The van der Waals surface area contributed by atoms with Crippen LogP contribution in [0, 0.1) is 0 Å². The topological polar surface area (TPSA) is 46.6 Å². The summed E-state index contributed by atoms with van der Waals surface area (Å²) in [5.41, 5.74) is 0.883. The van der Waals surface area contributed by atoms with Crippen LogP contribution in [0.2, 0.25) is 10.0 Å². The molecule has 0 heterocycles. The van der Waals surface area contributed by atoms with E-state index < -0.39 is 0 Å². The summed E-state index contributed by atoms with van der Waals surface area (Å²) in [6.07, 6.45) is 1.08. The molecule has 4 nitrogen and oxygen atoms in total. The molecule has 0 radical (unpaired) electrons. The van der Waals surface area contributed by atoms with Crippen LogP contribution in [0.5, 0.6) is 0 Å². The number of ether oxygens (including phenoxy) is 1. The standard InChI is InChI=1S/C15H19Cl2NO3/c1-3-21-15(20)8-9-18(2)14(19)7-5-11-4-6-12(16)10-13(11)17/h4,6,10H,3,5,7-9H2,1-2H3. The first-order valence-corrected chi connectivity index (χ1v) is 7.53. The van der Waals surface area contributed by atoms with Crippen LogP contribution in [0.4, 0.5) is 0 Å². The van der Waals surface area contributed by atoms with Crippen molar-refractivity contribution in [1.82, 2.24) is 4.90 Å². The van der Waals surface area contributed by atoms with E-state index in [-0.39, 0.29) is 18.3 Å². The van der Waals surface area contributed by atoms with Crippen molar-refractivity contribution >= 4 is 35.1 Å². The third kappa shape index (κ3) is 6.36. The molecule has 0 N–H and O–H groups in total. The quantitative estimate of drug-likeness (QED) is 0.720. The van der Waals surface area contributed by atoms with Crippen molar-refractivity contribution in [3.05, 3.63) is 33.8 Å². The molecule has 1 aromatic carbocycles. The zero-order chi connectivity index (χ0) is 15.8. The molecule has 0 aliphatic heterocycles. The van der Waals surface area contributed by atoms with Crippen LogP contribution in [0.1, 0.15) is 25.3 Å². The highest BCUT2D eigenvalue weighted by Gasteiger charge is 2.12. The van der Waals surface area contributed by atoms with Crippen molar-refractivity contribution in [2.75, 3.05) is 20.2 Å². The zero-order valence-corrected chi connectivity index (χ0v) is 13.7. The summed E-state index contributed by atoms with van der Waals surface area (Å²) in [4.78, 5) is 24.7. The predicted octanol–water partition coefficient (Wildman–Crippen LogP) is 3.34. The highest BCUT2D eigenvalue weighted by Crippen LogP contribution is 2.22. The summed E-state index contributed by atoms with van der Waals surface area (Å²) in [5.74, 6) is -0.330. The maximum Gasteiger partial charge on any atom is 0.307 e. The Kier molecular flexibility index (Phi) is 7.54. The number of carbonyl (C=O) groups excluding carboxylic acids is 2. The van der Waals surface area contributed by atoms with E-state index in [0.717, 1.165) is 5.56 Å². The summed E-state index contributed by atoms with van der Waals surface area (Å²) in [6.45, 7) is 2.46. The van der Waals surface area contributed by atoms with E-state index in [1.807, 2.05) is 6.07 Å². The molecule has 1 aromatic rings. The van der Waals surface area contributed by atoms with Crippen molar-refractivity contribution in [2.45, 2.75) is 26.2 Å². The number of esters is 1. The molecule has 21 heavy (non-hydrogen) atoms. The summed E-state index contributed by atoms with van der Waals surface area (Å²) in [5, 5.41) is 1.13. The third-order valence-electron chi connectivity index (χ3n) is 3.01. The number of hydrogen-bond donors (Lipinski definition) is 0. The molecule has 0 bridgehead atoms. The van der Waals surface area contributed by atoms with E-state index in [4.69, 9.17) is 27.9 Å². The van der Waals surface area contributed by atoms with Gasteiger partial charge in [0.15, 0.2) is 0 Å². The second-order valence-corrected chi connectivity index (χ2v) is 5.45. The molecule has 0 aromatic heterocycles. The van der Waals surface area contributed by atoms with Gasteiger partial charge in [-0.25, -0.2) is 0 Å². The minimum Gasteiger partial charge on any atom is -0.466 e. The number of amides is 1. The lowest BCUT2D eigenvalue weighted by atomic mass is 10.1. The Labute approximate surface area is 135 Å². The first-order valence-electron chi connectivity index (χ1n) is 6.77. The maximum absolute atomic E-state index is 12.0. The Balaban J connectivity index is 2.40. The molecule has 1 rings (SSSR count). The second kappa shape index (κ2) is 8.90. The van der Waals surface area contributed by atoms with E-state index in [1.165, 1.54) is 4.90 Å². The van der Waals surface area contributed by atoms with Crippen LogP contribution in [0.15, 0.2) is 18.2 Å². The Morgan fingerprint density at radius 1 is 1.24 bits per heavy atom. The van der Waals surface area contributed by atoms with E-state index in [1.54, 1.807) is 26.1 Å². The fourth-order valence-electron chi connectivity index (χ4n) is 1.77. The highest BCUT2D eigenvalue weighted by atomic mass is 35.5. The maximum atomic E-state index is 12.0. The van der Waals surface area contributed by atoms with Crippen molar-refractivity contribution in [1.29, 1.82) is 0 Å². The Morgan fingerprint density at radius 2 is 1.95 bits per heavy atom. The normalized spacial score (nSPS) is 10.3. The van der Waals surface area contributed by atoms with Crippen LogP contribution in [0.25, 0.3) is 0 Å². The van der Waals surface area contributed by atoms with E-state index in [0.29, 0.717) is 36.0 Å². The van der Waals surface area contributed by atoms with Gasteiger partial charge in [0.05, 0.1) is 13.0 Å². The monoisotopic (exact) mass is 331 g/mol. The molecule has 0 saturated heterocycles. The molecule has 0 spiro atoms. The average Bonchev–Trinajstić information content (AvgIpc) is 2.43. The molecule has 116 valence electrons. The number of carbonyl (C=O) groups is 2. The summed E-state index contributed by atoms with van der Waals surface area (Å²) in [6, 6.07) is 5.22. The molecule has 0 aliphatic carbocycles. The van der Waals surface area contributed by atoms with Gasteiger partial charge in [0.25, 0.3) is 0 Å². The Bertz CT molecular complexity index is 506. The zero-order valence-electron chi connectivity index (χ0n) is 12.2. The highest BCUT2D eigenvalue weighted by molar-refractivity contribution is 6.35. The van der Waals surface area contributed by atoms with Gasteiger partial charge in [-0.05, 0) is 31.0 Å². The Morgan fingerprint density at radius 3 is 2.57 bits per heavy atom. The van der Waals surface area contributed by atoms with Gasteiger partial charge in [0, 0.05) is 30.1 Å². The van der Waals surface area contributed by atoms with Crippen LogP contribution in [0.3, 0.4) is 0 Å². The van der Waals surface area contributed by atoms with Crippen LogP contribution < -0.4 is 0 Å². The van der Waals surface area contributed by atoms with Gasteiger partial charge in [-0.15, -0.1) is 0 Å². The smallest absolute Gasteiger partial charge is 0.307 e. The first kappa shape index (κ1) is 17.8. The predicted molar refractivity (Wildman–Crippen MR) is 83.7 cm³/mol. The lowest BCUT2D eigenvalue weighted by molar-refractivity contribution is -0.143. The van der Waals surface area contributed by atoms with Crippen molar-refractivity contribution < 1.29 is 14.3 Å². The molecule has 1 amide bonds. The minimum atomic E-state index is -0.294. The number of hydrogen-bond acceptors (Lipinski definition) is 3. The summed E-state index contributed by atoms with van der Waals surface area (Å²) < 4.78 is 4.82. The number of rotatable bonds is 7. The molecule has 0 saturated carbocycles. The van der Waals surface area contributed by atoms with Crippen LogP contribution in [-0.2, 0) is 20.7 Å². The average molecular weight is 332 g/mol. The second-order valence-electron chi connectivity index (χ2n) is 4.61. The molecular weight excluding hydrogens is 313 g/mol. The number of nitrogens with zero attached hydrogens (tertiary/aromatic N) is 1. The minimum absolute atomic E-state index is 0.0367. The fraction of sp³-hybridized carbons (Fsp3) is 0.467. The van der Waals surface area contributed by atoms with Crippen molar-refractivity contribution in [2.24, 2.45) is 0 Å². The number of halogens is 2. The van der Waals surface area contributed by atoms with Gasteiger partial charge in [-0.2, -0.15) is 0 Å². The molecule has 0 aliphatic rings. The van der Waals surface area contributed by atoms with Crippen molar-refractivity contribution in [3.63, 3.8) is 0 Å². The molecule has 6 heteroatoms. The third-order valence-corrected chi connectivity index (χ3v) is 3.59. The molecular formula is C15H19Cl2NO3. The Hall–Kier alpha value is -1.26. The van der Waals surface area contributed by atoms with Crippen LogP contribution in [-0.4, -0.2) is 37.0 Å². The van der Waals surface area contributed by atoms with E-state index >= 15 is 0 Å². The SMILES string of the molecule is CCOC(=O)CCN(C)C(=O)CCc1ccc(Cl)cc1Cl. The van der Waals surface area contributed by atoms with E-state index in [9.17, 15) is 9.59 Å². The first-order chi connectivity index (χ1) is 9.93. The number of aryl methyl sites for hydroxylation is 1. The summed E-state index contributed by atoms with van der Waals surface area (Å²) >= 11 is 11.9. The van der Waals surface area contributed by atoms with Crippen molar-refractivity contribution in [3.8, 4) is 0 Å². The van der Waals surface area contributed by atoms with Gasteiger partial charge < -0.3 is 9.64 Å². The van der Waals surface area contributed by atoms with Gasteiger partial charge in [-0.3, -0.25) is 9.59 Å². The van der Waals surface area contributed by atoms with E-state index in [2.05, 4.69) is 0 Å². The van der Waals surface area contributed by atoms with Gasteiger partial charge >= 0.3 is 5.97 Å². The molecule has 0 unspecified atom stereocenters. The lowest BCUT2D eigenvalue weighted by Gasteiger charge is -2.16.